The fraction of sp³-hybridized carbons (Fsp3) is 0.120. The van der Waals surface area contributed by atoms with Crippen LogP contribution >= 0.6 is 0 Å². The maximum Gasteiger partial charge on any atom is 0.262 e. The lowest BCUT2D eigenvalue weighted by Crippen LogP contribution is -2.19. The third kappa shape index (κ3) is 2.95. The lowest BCUT2D eigenvalue weighted by molar-refractivity contribution is 0.629. The summed E-state index contributed by atoms with van der Waals surface area (Å²) in [6, 6.07) is 23.6. The molecule has 0 spiro atoms. The van der Waals surface area contributed by atoms with E-state index in [2.05, 4.69) is 22.4 Å². The molecule has 148 valence electrons. The van der Waals surface area contributed by atoms with Crippen molar-refractivity contribution < 1.29 is 4.42 Å². The zero-order valence-electron chi connectivity index (χ0n) is 16.6. The van der Waals surface area contributed by atoms with Gasteiger partial charge in [-0.2, -0.15) is 0 Å². The first-order chi connectivity index (χ1) is 14.8. The Kier molecular flexibility index (Phi) is 4.56. The van der Waals surface area contributed by atoms with Gasteiger partial charge in [-0.05, 0) is 36.8 Å². The molecule has 0 amide bonds. The van der Waals surface area contributed by atoms with E-state index in [0.29, 0.717) is 41.2 Å². The molecule has 5 rings (SSSR count). The number of hydrogen-bond acceptors (Lipinski definition) is 4. The van der Waals surface area contributed by atoms with Crippen LogP contribution in [0.1, 0.15) is 12.5 Å². The number of anilines is 1. The van der Waals surface area contributed by atoms with Gasteiger partial charge >= 0.3 is 0 Å². The Labute approximate surface area is 173 Å². The fourth-order valence-electron chi connectivity index (χ4n) is 3.94. The Hall–Kier alpha value is -3.86. The van der Waals surface area contributed by atoms with E-state index in [4.69, 9.17) is 4.42 Å². The average molecular weight is 395 g/mol. The van der Waals surface area contributed by atoms with Gasteiger partial charge in [0.1, 0.15) is 0 Å². The molecule has 0 fully saturated rings. The quantitative estimate of drug-likeness (QED) is 0.430. The van der Waals surface area contributed by atoms with Crippen LogP contribution in [0.2, 0.25) is 0 Å². The van der Waals surface area contributed by atoms with Gasteiger partial charge in [-0.1, -0.05) is 48.5 Å². The Morgan fingerprint density at radius 1 is 0.967 bits per heavy atom. The largest absolute Gasteiger partial charge is 0.439 e. The molecule has 30 heavy (non-hydrogen) atoms. The number of rotatable bonds is 5. The van der Waals surface area contributed by atoms with Crippen LogP contribution in [0.15, 0.2) is 88.2 Å². The Morgan fingerprint density at radius 2 is 1.73 bits per heavy atom. The molecule has 0 bridgehead atoms. The van der Waals surface area contributed by atoms with E-state index in [1.807, 2.05) is 67.6 Å². The summed E-state index contributed by atoms with van der Waals surface area (Å²) in [6.07, 6.45) is 1.73. The smallest absolute Gasteiger partial charge is 0.262 e. The van der Waals surface area contributed by atoms with Gasteiger partial charge in [0.2, 0.25) is 5.88 Å². The number of benzene rings is 2. The molecule has 3 aromatic heterocycles. The summed E-state index contributed by atoms with van der Waals surface area (Å²) in [4.78, 5) is 18.0. The second-order valence-corrected chi connectivity index (χ2v) is 7.13. The lowest BCUT2D eigenvalue weighted by Gasteiger charge is -2.08. The predicted molar refractivity (Wildman–Crippen MR) is 121 cm³/mol. The highest BCUT2D eigenvalue weighted by Crippen LogP contribution is 2.39. The average Bonchev–Trinajstić information content (AvgIpc) is 3.19. The third-order valence-corrected chi connectivity index (χ3v) is 5.34. The highest BCUT2D eigenvalue weighted by Gasteiger charge is 2.23. The van der Waals surface area contributed by atoms with Gasteiger partial charge in [0.15, 0.2) is 5.58 Å². The standard InChI is InChI=1S/C25H21N3O2/c1-2-28-20-14-7-6-12-18(20)23-22(25(28)29)21(19-13-8-9-15-26-19)24(30-23)27-16-17-10-4-3-5-11-17/h3-15,27H,2,16H2,1H3. The van der Waals surface area contributed by atoms with Crippen LogP contribution in [0.3, 0.4) is 0 Å². The maximum atomic E-state index is 13.5. The van der Waals surface area contributed by atoms with E-state index >= 15 is 0 Å². The van der Waals surface area contributed by atoms with E-state index in [-0.39, 0.29) is 5.56 Å². The van der Waals surface area contributed by atoms with Crippen molar-refractivity contribution in [3.8, 4) is 11.3 Å². The molecule has 0 aliphatic heterocycles. The molecule has 5 heteroatoms. The normalized spacial score (nSPS) is 11.2. The number of nitrogens with one attached hydrogen (secondary N) is 1. The number of nitrogens with zero attached hydrogens (tertiary/aromatic N) is 2. The fourth-order valence-corrected chi connectivity index (χ4v) is 3.94. The topological polar surface area (TPSA) is 60.1 Å². The van der Waals surface area contributed by atoms with Crippen molar-refractivity contribution in [3.05, 3.63) is 94.9 Å². The van der Waals surface area contributed by atoms with Crippen LogP contribution in [0, 0.1) is 0 Å². The first kappa shape index (κ1) is 18.2. The minimum Gasteiger partial charge on any atom is -0.439 e. The molecule has 5 nitrogen and oxygen atoms in total. The lowest BCUT2D eigenvalue weighted by atomic mass is 10.1. The van der Waals surface area contributed by atoms with Crippen molar-refractivity contribution in [3.63, 3.8) is 0 Å². The summed E-state index contributed by atoms with van der Waals surface area (Å²) >= 11 is 0. The minimum absolute atomic E-state index is 0.0663. The number of aromatic nitrogens is 2. The Morgan fingerprint density at radius 3 is 2.50 bits per heavy atom. The van der Waals surface area contributed by atoms with Gasteiger partial charge < -0.3 is 14.3 Å². The van der Waals surface area contributed by atoms with Crippen molar-refractivity contribution >= 4 is 27.8 Å². The number of hydrogen-bond donors (Lipinski definition) is 1. The number of furan rings is 1. The summed E-state index contributed by atoms with van der Waals surface area (Å²) in [5.41, 5.74) is 3.94. The van der Waals surface area contributed by atoms with Gasteiger partial charge in [-0.15, -0.1) is 0 Å². The van der Waals surface area contributed by atoms with Crippen LogP contribution < -0.4 is 10.9 Å². The molecule has 1 N–H and O–H groups in total. The highest BCUT2D eigenvalue weighted by atomic mass is 16.4. The molecule has 0 unspecified atom stereocenters. The molecule has 0 radical (unpaired) electrons. The Bertz CT molecular complexity index is 1390. The number of aryl methyl sites for hydroxylation is 1. The predicted octanol–water partition coefficient (Wildman–Crippen LogP) is 5.44. The molecule has 0 aliphatic rings. The molecule has 3 heterocycles. The van der Waals surface area contributed by atoms with Crippen molar-refractivity contribution in [2.24, 2.45) is 0 Å². The van der Waals surface area contributed by atoms with Crippen LogP contribution in [-0.2, 0) is 13.1 Å². The summed E-state index contributed by atoms with van der Waals surface area (Å²) < 4.78 is 8.10. The van der Waals surface area contributed by atoms with E-state index in [1.165, 1.54) is 0 Å². The van der Waals surface area contributed by atoms with Crippen molar-refractivity contribution in [2.45, 2.75) is 20.0 Å². The molecule has 2 aromatic carbocycles. The van der Waals surface area contributed by atoms with Gasteiger partial charge in [0, 0.05) is 24.7 Å². The zero-order valence-corrected chi connectivity index (χ0v) is 16.6. The van der Waals surface area contributed by atoms with Crippen LogP contribution in [-0.4, -0.2) is 9.55 Å². The molecule has 0 saturated carbocycles. The second-order valence-electron chi connectivity index (χ2n) is 7.13. The van der Waals surface area contributed by atoms with Gasteiger partial charge in [-0.3, -0.25) is 9.78 Å². The number of pyridine rings is 2. The summed E-state index contributed by atoms with van der Waals surface area (Å²) in [5.74, 6) is 0.559. The van der Waals surface area contributed by atoms with Crippen LogP contribution in [0.5, 0.6) is 0 Å². The van der Waals surface area contributed by atoms with Crippen LogP contribution in [0.4, 0.5) is 5.88 Å². The van der Waals surface area contributed by atoms with E-state index in [0.717, 1.165) is 16.5 Å². The van der Waals surface area contributed by atoms with E-state index < -0.39 is 0 Å². The van der Waals surface area contributed by atoms with E-state index in [1.54, 1.807) is 10.8 Å². The van der Waals surface area contributed by atoms with Crippen molar-refractivity contribution in [1.29, 1.82) is 0 Å². The van der Waals surface area contributed by atoms with Gasteiger partial charge in [-0.25, -0.2) is 0 Å². The summed E-state index contributed by atoms with van der Waals surface area (Å²) in [7, 11) is 0. The monoisotopic (exact) mass is 395 g/mol. The first-order valence-electron chi connectivity index (χ1n) is 10.0. The summed E-state index contributed by atoms with van der Waals surface area (Å²) in [5, 5.41) is 4.87. The molecular weight excluding hydrogens is 374 g/mol. The van der Waals surface area contributed by atoms with Crippen molar-refractivity contribution in [1.82, 2.24) is 9.55 Å². The Balaban J connectivity index is 1.80. The van der Waals surface area contributed by atoms with Crippen LogP contribution in [0.25, 0.3) is 33.1 Å². The maximum absolute atomic E-state index is 13.5. The second kappa shape index (κ2) is 7.52. The van der Waals surface area contributed by atoms with Gasteiger partial charge in [0.25, 0.3) is 5.56 Å². The number of para-hydroxylation sites is 1. The SMILES string of the molecule is CCn1c(=O)c2c(-c3ccccn3)c(NCc3ccccc3)oc2c2ccccc21. The molecule has 0 atom stereocenters. The highest BCUT2D eigenvalue weighted by molar-refractivity contribution is 6.10. The molecule has 0 saturated heterocycles. The van der Waals surface area contributed by atoms with Crippen molar-refractivity contribution in [2.75, 3.05) is 5.32 Å². The summed E-state index contributed by atoms with van der Waals surface area (Å²) in [6.45, 7) is 3.14. The minimum atomic E-state index is -0.0663. The number of fused-ring (bicyclic) bond motifs is 3. The molecular formula is C25H21N3O2. The van der Waals surface area contributed by atoms with Gasteiger partial charge in [0.05, 0.1) is 22.2 Å². The first-order valence-corrected chi connectivity index (χ1v) is 10.0. The van der Waals surface area contributed by atoms with E-state index in [9.17, 15) is 4.79 Å². The zero-order chi connectivity index (χ0) is 20.5. The third-order valence-electron chi connectivity index (χ3n) is 5.34. The molecule has 0 aliphatic carbocycles. The molecule has 5 aromatic rings.